The van der Waals surface area contributed by atoms with Crippen LogP contribution in [0.2, 0.25) is 5.02 Å². The molecule has 1 heterocycles. The SMILES string of the molecule is COc1cc(/C=C/C(=O)Nc2cc(Cl)ccc2N(C)C)ccc1OCc1c(C)noc1C. The molecule has 0 aliphatic rings. The molecule has 1 aromatic heterocycles. The Morgan fingerprint density at radius 1 is 1.19 bits per heavy atom. The highest BCUT2D eigenvalue weighted by Gasteiger charge is 2.12. The number of nitrogens with one attached hydrogen (secondary N) is 1. The summed E-state index contributed by atoms with van der Waals surface area (Å²) < 4.78 is 16.5. The highest BCUT2D eigenvalue weighted by Crippen LogP contribution is 2.30. The van der Waals surface area contributed by atoms with E-state index < -0.39 is 0 Å². The Balaban J connectivity index is 1.70. The molecule has 0 atom stereocenters. The lowest BCUT2D eigenvalue weighted by atomic mass is 10.1. The molecule has 1 N–H and O–H groups in total. The maximum atomic E-state index is 12.5. The minimum atomic E-state index is -0.270. The van der Waals surface area contributed by atoms with Crippen LogP contribution in [0.4, 0.5) is 11.4 Å². The lowest BCUT2D eigenvalue weighted by Gasteiger charge is -2.17. The van der Waals surface area contributed by atoms with Crippen LogP contribution in [0.25, 0.3) is 6.08 Å². The molecule has 1 amide bonds. The zero-order chi connectivity index (χ0) is 23.3. The van der Waals surface area contributed by atoms with Gasteiger partial charge >= 0.3 is 0 Å². The molecule has 0 aliphatic carbocycles. The van der Waals surface area contributed by atoms with Gasteiger partial charge in [-0.25, -0.2) is 0 Å². The average Bonchev–Trinajstić information content (AvgIpc) is 3.08. The number of aryl methyl sites for hydroxylation is 2. The molecule has 0 saturated carbocycles. The van der Waals surface area contributed by atoms with Gasteiger partial charge < -0.3 is 24.2 Å². The summed E-state index contributed by atoms with van der Waals surface area (Å²) in [6.07, 6.45) is 3.16. The van der Waals surface area contributed by atoms with Gasteiger partial charge in [-0.1, -0.05) is 22.8 Å². The summed E-state index contributed by atoms with van der Waals surface area (Å²) in [5.74, 6) is 1.60. The van der Waals surface area contributed by atoms with Gasteiger partial charge in [-0.3, -0.25) is 4.79 Å². The van der Waals surface area contributed by atoms with Crippen LogP contribution >= 0.6 is 11.6 Å². The minimum absolute atomic E-state index is 0.270. The van der Waals surface area contributed by atoms with Crippen molar-refractivity contribution in [3.8, 4) is 11.5 Å². The highest BCUT2D eigenvalue weighted by atomic mass is 35.5. The van der Waals surface area contributed by atoms with Gasteiger partial charge in [0.25, 0.3) is 0 Å². The Bertz CT molecular complexity index is 1120. The van der Waals surface area contributed by atoms with Crippen molar-refractivity contribution in [1.82, 2.24) is 5.16 Å². The van der Waals surface area contributed by atoms with Gasteiger partial charge in [0.15, 0.2) is 11.5 Å². The molecule has 0 saturated heterocycles. The summed E-state index contributed by atoms with van der Waals surface area (Å²) in [6, 6.07) is 10.8. The molecule has 3 rings (SSSR count). The number of hydrogen-bond donors (Lipinski definition) is 1. The van der Waals surface area contributed by atoms with E-state index in [9.17, 15) is 4.79 Å². The van der Waals surface area contributed by atoms with Gasteiger partial charge in [-0.05, 0) is 55.8 Å². The molecule has 8 heteroatoms. The fourth-order valence-corrected chi connectivity index (χ4v) is 3.28. The van der Waals surface area contributed by atoms with E-state index in [0.717, 1.165) is 28.3 Å². The van der Waals surface area contributed by atoms with Gasteiger partial charge in [0.1, 0.15) is 12.4 Å². The van der Waals surface area contributed by atoms with Crippen LogP contribution in [-0.4, -0.2) is 32.3 Å². The third-order valence-corrected chi connectivity index (χ3v) is 5.10. The van der Waals surface area contributed by atoms with Gasteiger partial charge in [0, 0.05) is 25.2 Å². The first-order valence-corrected chi connectivity index (χ1v) is 10.3. The molecule has 168 valence electrons. The largest absolute Gasteiger partial charge is 0.493 e. The quantitative estimate of drug-likeness (QED) is 0.467. The Morgan fingerprint density at radius 2 is 1.97 bits per heavy atom. The van der Waals surface area contributed by atoms with Crippen molar-refractivity contribution in [2.75, 3.05) is 31.4 Å². The van der Waals surface area contributed by atoms with Crippen molar-refractivity contribution in [1.29, 1.82) is 0 Å². The summed E-state index contributed by atoms with van der Waals surface area (Å²) in [7, 11) is 5.37. The third-order valence-electron chi connectivity index (χ3n) is 4.87. The Kier molecular flexibility index (Phi) is 7.43. The maximum Gasteiger partial charge on any atom is 0.248 e. The van der Waals surface area contributed by atoms with E-state index >= 15 is 0 Å². The lowest BCUT2D eigenvalue weighted by Crippen LogP contribution is -2.15. The average molecular weight is 456 g/mol. The standard InChI is InChI=1S/C24H26ClN3O4/c1-15-19(16(2)32-27-15)14-31-22-10-6-17(12-23(22)30-5)7-11-24(29)26-20-13-18(25)8-9-21(20)28(3)4/h6-13H,14H2,1-5H3,(H,26,29)/b11-7+. The zero-order valence-corrected chi connectivity index (χ0v) is 19.5. The second-order valence-corrected chi connectivity index (χ2v) is 7.82. The molecule has 2 aromatic carbocycles. The van der Waals surface area contributed by atoms with E-state index in [1.165, 1.54) is 6.08 Å². The Labute approximate surface area is 192 Å². The fourth-order valence-electron chi connectivity index (χ4n) is 3.11. The van der Waals surface area contributed by atoms with Crippen LogP contribution < -0.4 is 19.7 Å². The first-order valence-electron chi connectivity index (χ1n) is 9.97. The molecule has 3 aromatic rings. The first kappa shape index (κ1) is 23.2. The van der Waals surface area contributed by atoms with Gasteiger partial charge in [-0.15, -0.1) is 0 Å². The van der Waals surface area contributed by atoms with Crippen molar-refractivity contribution in [3.63, 3.8) is 0 Å². The highest BCUT2D eigenvalue weighted by molar-refractivity contribution is 6.31. The number of anilines is 2. The second-order valence-electron chi connectivity index (χ2n) is 7.38. The number of methoxy groups -OCH3 is 1. The maximum absolute atomic E-state index is 12.5. The van der Waals surface area contributed by atoms with Crippen LogP contribution in [-0.2, 0) is 11.4 Å². The van der Waals surface area contributed by atoms with Gasteiger partial charge in [-0.2, -0.15) is 0 Å². The van der Waals surface area contributed by atoms with Gasteiger partial charge in [0.05, 0.1) is 29.7 Å². The van der Waals surface area contributed by atoms with Crippen molar-refractivity contribution in [2.24, 2.45) is 0 Å². The summed E-state index contributed by atoms with van der Waals surface area (Å²) in [6.45, 7) is 4.04. The van der Waals surface area contributed by atoms with E-state index in [1.54, 1.807) is 37.5 Å². The number of amides is 1. The summed E-state index contributed by atoms with van der Waals surface area (Å²) in [4.78, 5) is 14.4. The predicted molar refractivity (Wildman–Crippen MR) is 127 cm³/mol. The topological polar surface area (TPSA) is 76.8 Å². The number of hydrogen-bond acceptors (Lipinski definition) is 6. The van der Waals surface area contributed by atoms with Crippen LogP contribution in [0.15, 0.2) is 47.0 Å². The zero-order valence-electron chi connectivity index (χ0n) is 18.7. The molecule has 0 spiro atoms. The number of nitrogens with zero attached hydrogens (tertiary/aromatic N) is 2. The minimum Gasteiger partial charge on any atom is -0.493 e. The molecule has 0 fully saturated rings. The Morgan fingerprint density at radius 3 is 2.62 bits per heavy atom. The third kappa shape index (κ3) is 5.62. The monoisotopic (exact) mass is 455 g/mol. The molecular formula is C24H26ClN3O4. The van der Waals surface area contributed by atoms with E-state index in [-0.39, 0.29) is 5.91 Å². The molecule has 7 nitrogen and oxygen atoms in total. The number of ether oxygens (including phenoxy) is 2. The van der Waals surface area contributed by atoms with E-state index in [1.807, 2.05) is 45.0 Å². The fraction of sp³-hybridized carbons (Fsp3) is 0.250. The first-order chi connectivity index (χ1) is 15.3. The van der Waals surface area contributed by atoms with Crippen molar-refractivity contribution >= 4 is 35.0 Å². The Hall–Kier alpha value is -3.45. The van der Waals surface area contributed by atoms with Crippen molar-refractivity contribution in [2.45, 2.75) is 20.5 Å². The van der Waals surface area contributed by atoms with Crippen LogP contribution in [0.3, 0.4) is 0 Å². The molecule has 32 heavy (non-hydrogen) atoms. The number of halogens is 1. The van der Waals surface area contributed by atoms with E-state index in [4.69, 9.17) is 25.6 Å². The lowest BCUT2D eigenvalue weighted by molar-refractivity contribution is -0.111. The number of carbonyl (C=O) groups excluding carboxylic acids is 1. The smallest absolute Gasteiger partial charge is 0.248 e. The van der Waals surface area contributed by atoms with Crippen molar-refractivity contribution in [3.05, 3.63) is 70.1 Å². The summed E-state index contributed by atoms with van der Waals surface area (Å²) >= 11 is 6.08. The predicted octanol–water partition coefficient (Wildman–Crippen LogP) is 5.25. The number of aromatic nitrogens is 1. The van der Waals surface area contributed by atoms with Crippen molar-refractivity contribution < 1.29 is 18.8 Å². The molecular weight excluding hydrogens is 430 g/mol. The van der Waals surface area contributed by atoms with Gasteiger partial charge in [0.2, 0.25) is 5.91 Å². The number of carbonyl (C=O) groups is 1. The summed E-state index contributed by atoms with van der Waals surface area (Å²) in [5, 5.41) is 7.35. The normalized spacial score (nSPS) is 10.9. The molecule has 0 unspecified atom stereocenters. The number of rotatable bonds is 8. The second kappa shape index (κ2) is 10.2. The van der Waals surface area contributed by atoms with Crippen LogP contribution in [0, 0.1) is 13.8 Å². The van der Waals surface area contributed by atoms with Crippen LogP contribution in [0.5, 0.6) is 11.5 Å². The summed E-state index contributed by atoms with van der Waals surface area (Å²) in [5.41, 5.74) is 3.99. The van der Waals surface area contributed by atoms with E-state index in [2.05, 4.69) is 10.5 Å². The number of benzene rings is 2. The van der Waals surface area contributed by atoms with E-state index in [0.29, 0.717) is 28.8 Å². The molecule has 0 radical (unpaired) electrons. The van der Waals surface area contributed by atoms with Crippen LogP contribution in [0.1, 0.15) is 22.6 Å². The molecule has 0 bridgehead atoms. The molecule has 0 aliphatic heterocycles.